The second-order valence-electron chi connectivity index (χ2n) is 4.79. The number of carbonyl (C=O) groups is 2. The van der Waals surface area contributed by atoms with E-state index in [0.717, 1.165) is 12.8 Å². The quantitative estimate of drug-likeness (QED) is 0.819. The lowest BCUT2D eigenvalue weighted by molar-refractivity contribution is -0.128. The molecule has 1 saturated carbocycles. The molecule has 0 spiro atoms. The van der Waals surface area contributed by atoms with Crippen LogP contribution in [0.15, 0.2) is 24.3 Å². The fraction of sp³-hybridized carbons (Fsp3) is 0.357. The molecule has 2 rings (SSSR count). The van der Waals surface area contributed by atoms with Crippen LogP contribution in [0, 0.1) is 16.7 Å². The summed E-state index contributed by atoms with van der Waals surface area (Å²) in [5, 5.41) is 9.47. The van der Waals surface area contributed by atoms with Crippen molar-refractivity contribution in [3.63, 3.8) is 0 Å². The highest BCUT2D eigenvalue weighted by atomic mass is 35.5. The van der Waals surface area contributed by atoms with Crippen molar-refractivity contribution in [3.05, 3.63) is 34.9 Å². The van der Waals surface area contributed by atoms with E-state index in [4.69, 9.17) is 16.9 Å². The van der Waals surface area contributed by atoms with Gasteiger partial charge in [0, 0.05) is 0 Å². The Morgan fingerprint density at radius 3 is 2.45 bits per heavy atom. The molecular formula is C14H14ClN3O2. The van der Waals surface area contributed by atoms with E-state index in [1.807, 2.05) is 0 Å². The van der Waals surface area contributed by atoms with Gasteiger partial charge in [0.1, 0.15) is 5.41 Å². The van der Waals surface area contributed by atoms with Gasteiger partial charge in [0.2, 0.25) is 0 Å². The number of amides is 2. The van der Waals surface area contributed by atoms with Crippen molar-refractivity contribution < 1.29 is 9.59 Å². The van der Waals surface area contributed by atoms with Gasteiger partial charge in [-0.25, -0.2) is 0 Å². The SMILES string of the molecule is N#CC1(C(=O)NNC(=O)c2ccccc2Cl)CCCC1. The summed E-state index contributed by atoms with van der Waals surface area (Å²) in [6.45, 7) is 0. The van der Waals surface area contributed by atoms with E-state index in [0.29, 0.717) is 17.9 Å². The van der Waals surface area contributed by atoms with E-state index in [1.165, 1.54) is 0 Å². The molecule has 0 radical (unpaired) electrons. The van der Waals surface area contributed by atoms with Gasteiger partial charge in [0.15, 0.2) is 0 Å². The van der Waals surface area contributed by atoms with Crippen LogP contribution in [-0.4, -0.2) is 11.8 Å². The summed E-state index contributed by atoms with van der Waals surface area (Å²) in [6, 6.07) is 8.59. The first-order valence-corrected chi connectivity index (χ1v) is 6.73. The predicted octanol–water partition coefficient (Wildman–Crippen LogP) is 2.18. The topological polar surface area (TPSA) is 82.0 Å². The largest absolute Gasteiger partial charge is 0.271 e. The first-order valence-electron chi connectivity index (χ1n) is 6.36. The van der Waals surface area contributed by atoms with Gasteiger partial charge < -0.3 is 0 Å². The normalized spacial score (nSPS) is 16.2. The summed E-state index contributed by atoms with van der Waals surface area (Å²) in [4.78, 5) is 23.9. The standard InChI is InChI=1S/C14H14ClN3O2/c15-11-6-2-1-5-10(11)12(19)17-18-13(20)14(9-16)7-3-4-8-14/h1-2,5-6H,3-4,7-8H2,(H,17,19)(H,18,20). The number of hydrazine groups is 1. The van der Waals surface area contributed by atoms with Crippen LogP contribution in [0.4, 0.5) is 0 Å². The Hall–Kier alpha value is -2.06. The zero-order chi connectivity index (χ0) is 14.6. The Morgan fingerprint density at radius 2 is 1.85 bits per heavy atom. The van der Waals surface area contributed by atoms with E-state index < -0.39 is 17.2 Å². The van der Waals surface area contributed by atoms with Crippen molar-refractivity contribution in [1.29, 1.82) is 5.26 Å². The van der Waals surface area contributed by atoms with Crippen LogP contribution in [0.3, 0.4) is 0 Å². The highest BCUT2D eigenvalue weighted by molar-refractivity contribution is 6.33. The summed E-state index contributed by atoms with van der Waals surface area (Å²) in [7, 11) is 0. The van der Waals surface area contributed by atoms with Crippen LogP contribution in [0.1, 0.15) is 36.0 Å². The van der Waals surface area contributed by atoms with Crippen LogP contribution in [0.25, 0.3) is 0 Å². The zero-order valence-electron chi connectivity index (χ0n) is 10.8. The summed E-state index contributed by atoms with van der Waals surface area (Å²) in [5.41, 5.74) is 3.87. The van der Waals surface area contributed by atoms with Crippen molar-refractivity contribution in [3.8, 4) is 6.07 Å². The third kappa shape index (κ3) is 2.75. The molecule has 1 fully saturated rings. The van der Waals surface area contributed by atoms with Crippen molar-refractivity contribution in [2.24, 2.45) is 5.41 Å². The van der Waals surface area contributed by atoms with Crippen LogP contribution < -0.4 is 10.9 Å². The van der Waals surface area contributed by atoms with E-state index in [-0.39, 0.29) is 5.56 Å². The van der Waals surface area contributed by atoms with E-state index in [1.54, 1.807) is 24.3 Å². The van der Waals surface area contributed by atoms with E-state index >= 15 is 0 Å². The van der Waals surface area contributed by atoms with Gasteiger partial charge >= 0.3 is 0 Å². The Morgan fingerprint density at radius 1 is 1.20 bits per heavy atom. The molecular weight excluding hydrogens is 278 g/mol. The Labute approximate surface area is 121 Å². The zero-order valence-corrected chi connectivity index (χ0v) is 11.5. The molecule has 1 aliphatic rings. The predicted molar refractivity (Wildman–Crippen MR) is 73.6 cm³/mol. The molecule has 0 heterocycles. The van der Waals surface area contributed by atoms with Crippen molar-refractivity contribution in [1.82, 2.24) is 10.9 Å². The molecule has 2 N–H and O–H groups in total. The van der Waals surface area contributed by atoms with Crippen molar-refractivity contribution in [2.45, 2.75) is 25.7 Å². The van der Waals surface area contributed by atoms with Gasteiger partial charge in [-0.05, 0) is 25.0 Å². The average molecular weight is 292 g/mol. The van der Waals surface area contributed by atoms with Gasteiger partial charge in [-0.1, -0.05) is 36.6 Å². The Balaban J connectivity index is 1.99. The molecule has 6 heteroatoms. The lowest BCUT2D eigenvalue weighted by Crippen LogP contribution is -2.48. The Kier molecular flexibility index (Phi) is 4.26. The van der Waals surface area contributed by atoms with E-state index in [2.05, 4.69) is 16.9 Å². The molecule has 0 aliphatic heterocycles. The molecule has 5 nitrogen and oxygen atoms in total. The second-order valence-corrected chi connectivity index (χ2v) is 5.20. The number of nitrogens with one attached hydrogen (secondary N) is 2. The molecule has 0 aromatic heterocycles. The maximum atomic E-state index is 12.0. The number of nitriles is 1. The molecule has 1 aromatic rings. The number of nitrogens with zero attached hydrogens (tertiary/aromatic N) is 1. The number of hydrogen-bond acceptors (Lipinski definition) is 3. The summed E-state index contributed by atoms with van der Waals surface area (Å²) < 4.78 is 0. The number of hydrogen-bond donors (Lipinski definition) is 2. The number of rotatable bonds is 2. The highest BCUT2D eigenvalue weighted by Gasteiger charge is 2.41. The lowest BCUT2D eigenvalue weighted by atomic mass is 9.87. The summed E-state index contributed by atoms with van der Waals surface area (Å²) in [5.74, 6) is -0.965. The molecule has 0 unspecified atom stereocenters. The first kappa shape index (κ1) is 14.4. The first-order chi connectivity index (χ1) is 9.59. The summed E-state index contributed by atoms with van der Waals surface area (Å²) in [6.07, 6.45) is 2.74. The third-order valence-electron chi connectivity index (χ3n) is 3.51. The van der Waals surface area contributed by atoms with Gasteiger partial charge in [-0.3, -0.25) is 20.4 Å². The van der Waals surface area contributed by atoms with Crippen molar-refractivity contribution in [2.75, 3.05) is 0 Å². The minimum atomic E-state index is -1.02. The minimum absolute atomic E-state index is 0.270. The van der Waals surface area contributed by atoms with Gasteiger partial charge in [-0.2, -0.15) is 5.26 Å². The molecule has 1 aromatic carbocycles. The van der Waals surface area contributed by atoms with Crippen molar-refractivity contribution >= 4 is 23.4 Å². The summed E-state index contributed by atoms with van der Waals surface area (Å²) >= 11 is 5.89. The average Bonchev–Trinajstić information content (AvgIpc) is 2.95. The molecule has 1 aliphatic carbocycles. The lowest BCUT2D eigenvalue weighted by Gasteiger charge is -2.19. The van der Waals surface area contributed by atoms with Gasteiger partial charge in [0.05, 0.1) is 16.7 Å². The smallest absolute Gasteiger partial charge is 0.271 e. The Bertz CT molecular complexity index is 574. The molecule has 2 amide bonds. The number of carbonyl (C=O) groups excluding carboxylic acids is 2. The van der Waals surface area contributed by atoms with Crippen LogP contribution in [0.2, 0.25) is 5.02 Å². The fourth-order valence-corrected chi connectivity index (χ4v) is 2.54. The maximum Gasteiger partial charge on any atom is 0.271 e. The van der Waals surface area contributed by atoms with Crippen LogP contribution >= 0.6 is 11.6 Å². The maximum absolute atomic E-state index is 12.0. The minimum Gasteiger partial charge on any atom is -0.271 e. The number of benzene rings is 1. The molecule has 0 atom stereocenters. The van der Waals surface area contributed by atoms with E-state index in [9.17, 15) is 9.59 Å². The number of halogens is 1. The molecule has 0 bridgehead atoms. The molecule has 0 saturated heterocycles. The molecule has 20 heavy (non-hydrogen) atoms. The van der Waals surface area contributed by atoms with Gasteiger partial charge in [-0.15, -0.1) is 0 Å². The fourth-order valence-electron chi connectivity index (χ4n) is 2.31. The third-order valence-corrected chi connectivity index (χ3v) is 3.84. The van der Waals surface area contributed by atoms with Gasteiger partial charge in [0.25, 0.3) is 11.8 Å². The van der Waals surface area contributed by atoms with Crippen LogP contribution in [0.5, 0.6) is 0 Å². The highest BCUT2D eigenvalue weighted by Crippen LogP contribution is 2.37. The van der Waals surface area contributed by atoms with Crippen LogP contribution in [-0.2, 0) is 4.79 Å². The monoisotopic (exact) mass is 291 g/mol. The second kappa shape index (κ2) is 5.93. The molecule has 104 valence electrons.